The Kier molecular flexibility index (Phi) is 3.51. The lowest BCUT2D eigenvalue weighted by Gasteiger charge is -2.13. The Bertz CT molecular complexity index is 850. The van der Waals surface area contributed by atoms with Gasteiger partial charge in [-0.15, -0.1) is 0 Å². The molecule has 3 rings (SSSR count). The second-order valence-corrected chi connectivity index (χ2v) is 4.76. The fourth-order valence-electron chi connectivity index (χ4n) is 2.18. The topological polar surface area (TPSA) is 108 Å². The lowest BCUT2D eigenvalue weighted by Crippen LogP contribution is -2.29. The first-order valence-corrected chi connectivity index (χ1v) is 6.54. The third kappa shape index (κ3) is 2.62. The van der Waals surface area contributed by atoms with Crippen LogP contribution in [0, 0.1) is 5.82 Å². The van der Waals surface area contributed by atoms with Gasteiger partial charge in [0.25, 0.3) is 5.91 Å². The predicted molar refractivity (Wildman–Crippen MR) is 81.6 cm³/mol. The number of carboxylic acids is 1. The largest absolute Gasteiger partial charge is 0.478 e. The Morgan fingerprint density at radius 2 is 2.00 bits per heavy atom. The van der Waals surface area contributed by atoms with Gasteiger partial charge >= 0.3 is 5.97 Å². The molecule has 8 heteroatoms. The van der Waals surface area contributed by atoms with Gasteiger partial charge in [-0.1, -0.05) is 12.1 Å². The van der Waals surface area contributed by atoms with Crippen molar-refractivity contribution in [3.63, 3.8) is 0 Å². The number of aromatic carboxylic acids is 1. The molecule has 2 aromatic carbocycles. The Labute approximate surface area is 129 Å². The van der Waals surface area contributed by atoms with E-state index in [0.29, 0.717) is 11.3 Å². The van der Waals surface area contributed by atoms with Gasteiger partial charge in [0.2, 0.25) is 0 Å². The highest BCUT2D eigenvalue weighted by Crippen LogP contribution is 2.26. The molecule has 4 N–H and O–H groups in total. The summed E-state index contributed by atoms with van der Waals surface area (Å²) in [6, 6.07) is 9.82. The monoisotopic (exact) mass is 314 g/mol. The predicted octanol–water partition coefficient (Wildman–Crippen LogP) is 1.56. The summed E-state index contributed by atoms with van der Waals surface area (Å²) in [6.45, 7) is 0. The molecule has 0 fully saturated rings. The minimum atomic E-state index is -1.13. The molecule has 0 unspecified atom stereocenters. The standard InChI is InChI=1S/C15H11FN4O3/c16-10-3-1-2-4-12(10)20(17)19-13-9-7-8(15(22)23)5-6-11(9)18-14(13)21/h1-7H,17H2,(H,22,23)(H,18,19,21). The van der Waals surface area contributed by atoms with Crippen molar-refractivity contribution in [2.45, 2.75) is 0 Å². The van der Waals surface area contributed by atoms with E-state index in [2.05, 4.69) is 10.4 Å². The summed E-state index contributed by atoms with van der Waals surface area (Å²) >= 11 is 0. The van der Waals surface area contributed by atoms with Gasteiger partial charge in [0.1, 0.15) is 11.5 Å². The number of nitrogens with one attached hydrogen (secondary N) is 1. The van der Waals surface area contributed by atoms with Gasteiger partial charge in [-0.25, -0.2) is 15.0 Å². The number of anilines is 2. The average Bonchev–Trinajstić information content (AvgIpc) is 2.83. The number of hydrazone groups is 1. The maximum atomic E-state index is 13.7. The first kappa shape index (κ1) is 14.7. The lowest BCUT2D eigenvalue weighted by atomic mass is 10.1. The summed E-state index contributed by atoms with van der Waals surface area (Å²) in [4.78, 5) is 23.0. The molecule has 7 nitrogen and oxygen atoms in total. The van der Waals surface area contributed by atoms with Crippen LogP contribution in [0.15, 0.2) is 47.6 Å². The molecule has 2 aromatic rings. The van der Waals surface area contributed by atoms with Gasteiger partial charge in [0.05, 0.1) is 11.3 Å². The molecular weight excluding hydrogens is 303 g/mol. The number of fused-ring (bicyclic) bond motifs is 1. The smallest absolute Gasteiger partial charge is 0.335 e. The molecule has 0 saturated carbocycles. The Balaban J connectivity index is 2.04. The van der Waals surface area contributed by atoms with Crippen molar-refractivity contribution in [3.05, 3.63) is 59.4 Å². The second kappa shape index (κ2) is 5.50. The third-order valence-corrected chi connectivity index (χ3v) is 3.29. The molecule has 1 aliphatic rings. The number of para-hydroxylation sites is 1. The number of benzene rings is 2. The van der Waals surface area contributed by atoms with Crippen LogP contribution in [0.5, 0.6) is 0 Å². The second-order valence-electron chi connectivity index (χ2n) is 4.76. The number of carbonyl (C=O) groups excluding carboxylic acids is 1. The van der Waals surface area contributed by atoms with E-state index in [1.807, 2.05) is 0 Å². The Hall–Kier alpha value is -3.26. The highest BCUT2D eigenvalue weighted by molar-refractivity contribution is 6.54. The van der Waals surface area contributed by atoms with Crippen molar-refractivity contribution < 1.29 is 19.1 Å². The molecule has 0 aliphatic carbocycles. The zero-order chi connectivity index (χ0) is 16.6. The first-order valence-electron chi connectivity index (χ1n) is 6.54. The summed E-state index contributed by atoms with van der Waals surface area (Å²) in [5.74, 6) is 3.42. The molecule has 1 amide bonds. The van der Waals surface area contributed by atoms with Crippen LogP contribution in [-0.2, 0) is 4.79 Å². The molecule has 0 saturated heterocycles. The maximum Gasteiger partial charge on any atom is 0.335 e. The number of carboxylic acid groups (broad SMARTS) is 1. The SMILES string of the molecule is NN(/N=C1\C(=O)Nc2ccc(C(=O)O)cc21)c1ccccc1F. The number of hydrazine groups is 1. The number of hydrogen-bond acceptors (Lipinski definition) is 5. The quantitative estimate of drug-likeness (QED) is 0.588. The van der Waals surface area contributed by atoms with Gasteiger partial charge in [-0.3, -0.25) is 4.79 Å². The van der Waals surface area contributed by atoms with E-state index < -0.39 is 17.7 Å². The number of carbonyl (C=O) groups is 2. The van der Waals surface area contributed by atoms with Crippen LogP contribution in [0.3, 0.4) is 0 Å². The van der Waals surface area contributed by atoms with E-state index in [1.165, 1.54) is 36.4 Å². The number of halogens is 1. The summed E-state index contributed by atoms with van der Waals surface area (Å²) in [5, 5.41) is 16.2. The normalized spacial score (nSPS) is 14.5. The number of hydrogen-bond donors (Lipinski definition) is 3. The maximum absolute atomic E-state index is 13.7. The van der Waals surface area contributed by atoms with Crippen LogP contribution >= 0.6 is 0 Å². The summed E-state index contributed by atoms with van der Waals surface area (Å²) in [6.07, 6.45) is 0. The van der Waals surface area contributed by atoms with E-state index in [0.717, 1.165) is 5.12 Å². The summed E-state index contributed by atoms with van der Waals surface area (Å²) < 4.78 is 13.7. The molecule has 0 spiro atoms. The average molecular weight is 314 g/mol. The number of amides is 1. The van der Waals surface area contributed by atoms with Crippen LogP contribution in [0.25, 0.3) is 0 Å². The fourth-order valence-corrected chi connectivity index (χ4v) is 2.18. The minimum Gasteiger partial charge on any atom is -0.478 e. The van der Waals surface area contributed by atoms with Gasteiger partial charge < -0.3 is 10.4 Å². The molecular formula is C15H11FN4O3. The van der Waals surface area contributed by atoms with E-state index in [4.69, 9.17) is 10.9 Å². The third-order valence-electron chi connectivity index (χ3n) is 3.29. The fraction of sp³-hybridized carbons (Fsp3) is 0. The number of rotatable bonds is 3. The van der Waals surface area contributed by atoms with Crippen LogP contribution in [0.2, 0.25) is 0 Å². The van der Waals surface area contributed by atoms with Crippen molar-refractivity contribution >= 4 is 29.0 Å². The van der Waals surface area contributed by atoms with E-state index >= 15 is 0 Å². The van der Waals surface area contributed by atoms with Crippen LogP contribution in [0.1, 0.15) is 15.9 Å². The van der Waals surface area contributed by atoms with Crippen molar-refractivity contribution in [1.29, 1.82) is 0 Å². The highest BCUT2D eigenvalue weighted by atomic mass is 19.1. The van der Waals surface area contributed by atoms with Crippen LogP contribution in [0.4, 0.5) is 15.8 Å². The minimum absolute atomic E-state index is 0.00223. The zero-order valence-electron chi connectivity index (χ0n) is 11.7. The van der Waals surface area contributed by atoms with E-state index in [9.17, 15) is 14.0 Å². The summed E-state index contributed by atoms with van der Waals surface area (Å²) in [7, 11) is 0. The summed E-state index contributed by atoms with van der Waals surface area (Å²) in [5.41, 5.74) is 0.606. The molecule has 0 aromatic heterocycles. The van der Waals surface area contributed by atoms with Gasteiger partial charge in [0.15, 0.2) is 5.71 Å². The van der Waals surface area contributed by atoms with Crippen molar-refractivity contribution in [2.24, 2.45) is 10.9 Å². The molecule has 0 bridgehead atoms. The van der Waals surface area contributed by atoms with Crippen molar-refractivity contribution in [1.82, 2.24) is 0 Å². The van der Waals surface area contributed by atoms with Gasteiger partial charge in [-0.2, -0.15) is 10.2 Å². The molecule has 116 valence electrons. The van der Waals surface area contributed by atoms with Crippen LogP contribution in [-0.4, -0.2) is 22.7 Å². The van der Waals surface area contributed by atoms with Crippen molar-refractivity contribution in [2.75, 3.05) is 10.4 Å². The Morgan fingerprint density at radius 1 is 1.26 bits per heavy atom. The zero-order valence-corrected chi connectivity index (χ0v) is 11.7. The van der Waals surface area contributed by atoms with Gasteiger partial charge in [-0.05, 0) is 30.3 Å². The van der Waals surface area contributed by atoms with E-state index in [-0.39, 0.29) is 17.0 Å². The highest BCUT2D eigenvalue weighted by Gasteiger charge is 2.28. The van der Waals surface area contributed by atoms with Crippen LogP contribution < -0.4 is 16.3 Å². The molecule has 1 aliphatic heterocycles. The number of nitrogens with two attached hydrogens (primary N) is 1. The molecule has 23 heavy (non-hydrogen) atoms. The lowest BCUT2D eigenvalue weighted by molar-refractivity contribution is -0.110. The molecule has 1 heterocycles. The molecule has 0 atom stereocenters. The Morgan fingerprint density at radius 3 is 2.70 bits per heavy atom. The van der Waals surface area contributed by atoms with Crippen molar-refractivity contribution in [3.8, 4) is 0 Å². The van der Waals surface area contributed by atoms with E-state index in [1.54, 1.807) is 6.07 Å². The van der Waals surface area contributed by atoms with Gasteiger partial charge in [0, 0.05) is 5.56 Å². The molecule has 0 radical (unpaired) electrons. The first-order chi connectivity index (χ1) is 11.0. The number of nitrogens with zero attached hydrogens (tertiary/aromatic N) is 2.